The second-order valence-corrected chi connectivity index (χ2v) is 9.89. The molecule has 3 aromatic rings. The first-order valence-electron chi connectivity index (χ1n) is 10.7. The molecular formula is C23H23F3N4OS. The topological polar surface area (TPSA) is 71.2 Å². The Bertz CT molecular complexity index is 1200. The monoisotopic (exact) mass is 460 g/mol. The molecule has 5 nitrogen and oxygen atoms in total. The van der Waals surface area contributed by atoms with Crippen molar-refractivity contribution in [1.29, 1.82) is 0 Å². The predicted octanol–water partition coefficient (Wildman–Crippen LogP) is 4.68. The number of nitrogens with one attached hydrogen (secondary N) is 1. The smallest absolute Gasteiger partial charge is 0.263 e. The van der Waals surface area contributed by atoms with Gasteiger partial charge in [-0.05, 0) is 42.4 Å². The van der Waals surface area contributed by atoms with E-state index >= 15 is 0 Å². The Labute approximate surface area is 187 Å². The van der Waals surface area contributed by atoms with E-state index in [9.17, 15) is 18.0 Å². The van der Waals surface area contributed by atoms with E-state index in [4.69, 9.17) is 5.73 Å². The minimum absolute atomic E-state index is 0.0951. The molecule has 0 radical (unpaired) electrons. The number of anilines is 2. The van der Waals surface area contributed by atoms with E-state index in [2.05, 4.69) is 10.3 Å². The number of amides is 1. The average molecular weight is 461 g/mol. The molecule has 1 aromatic carbocycles. The fraction of sp³-hybridized carbons (Fsp3) is 0.391. The highest BCUT2D eigenvalue weighted by Crippen LogP contribution is 2.42. The molecule has 9 heteroatoms. The molecule has 168 valence electrons. The van der Waals surface area contributed by atoms with Crippen LogP contribution in [0.15, 0.2) is 24.4 Å². The molecule has 1 aliphatic carbocycles. The van der Waals surface area contributed by atoms with Gasteiger partial charge in [-0.2, -0.15) is 0 Å². The summed E-state index contributed by atoms with van der Waals surface area (Å²) in [5, 5.41) is 3.10. The summed E-state index contributed by atoms with van der Waals surface area (Å²) < 4.78 is 43.1. The average Bonchev–Trinajstić information content (AvgIpc) is 3.08. The number of pyridine rings is 1. The lowest BCUT2D eigenvalue weighted by Gasteiger charge is -2.48. The third kappa shape index (κ3) is 3.68. The predicted molar refractivity (Wildman–Crippen MR) is 120 cm³/mol. The maximum absolute atomic E-state index is 14.9. The van der Waals surface area contributed by atoms with Crippen molar-refractivity contribution in [1.82, 2.24) is 10.3 Å². The Balaban J connectivity index is 1.29. The number of rotatable bonds is 5. The fourth-order valence-corrected chi connectivity index (χ4v) is 5.78. The van der Waals surface area contributed by atoms with Crippen LogP contribution in [0.3, 0.4) is 0 Å². The lowest BCUT2D eigenvalue weighted by Crippen LogP contribution is -2.49. The number of halogens is 3. The Hall–Kier alpha value is -2.81. The molecule has 0 unspecified atom stereocenters. The molecule has 1 saturated carbocycles. The van der Waals surface area contributed by atoms with Gasteiger partial charge in [0.25, 0.3) is 5.91 Å². The van der Waals surface area contributed by atoms with Crippen molar-refractivity contribution in [2.45, 2.75) is 25.7 Å². The van der Waals surface area contributed by atoms with Crippen LogP contribution in [0.25, 0.3) is 10.2 Å². The zero-order chi connectivity index (χ0) is 22.6. The molecule has 6 rings (SSSR count). The Morgan fingerprint density at radius 1 is 1.22 bits per heavy atom. The van der Waals surface area contributed by atoms with Gasteiger partial charge in [-0.3, -0.25) is 4.79 Å². The minimum Gasteiger partial charge on any atom is -0.397 e. The van der Waals surface area contributed by atoms with Crippen LogP contribution < -0.4 is 16.0 Å². The third-order valence-corrected chi connectivity index (χ3v) is 7.68. The standard InChI is InChI=1S/C23H23F3N4OS/c1-11(7-28-22(31)21-20(27)16-4-14(24)8-29-23(16)32-21)15-5-18(26)19(6-17(15)25)30-9-12-2-13(3-12)10-30/h4-6,8,11-13H,2-3,7,9-10,27H2,1H3,(H,28,31)/t11-,12?,13?/m0/s1. The van der Waals surface area contributed by atoms with Crippen molar-refractivity contribution in [3.05, 3.63) is 52.3 Å². The van der Waals surface area contributed by atoms with Gasteiger partial charge in [-0.15, -0.1) is 11.3 Å². The normalized spacial score (nSPS) is 20.8. The SMILES string of the molecule is C[C@@H](CNC(=O)c1sc2ncc(F)cc2c1N)c1cc(F)c(N2CC3CC(C3)C2)cc1F. The van der Waals surface area contributed by atoms with Crippen LogP contribution in [0.1, 0.15) is 40.9 Å². The summed E-state index contributed by atoms with van der Waals surface area (Å²) in [6, 6.07) is 3.75. The zero-order valence-electron chi connectivity index (χ0n) is 17.5. The molecule has 2 bridgehead atoms. The maximum Gasteiger partial charge on any atom is 0.263 e. The number of carbonyl (C=O) groups excluding carboxylic acids is 1. The van der Waals surface area contributed by atoms with Crippen molar-refractivity contribution >= 4 is 38.8 Å². The van der Waals surface area contributed by atoms with Gasteiger partial charge in [0.1, 0.15) is 27.2 Å². The molecule has 3 fully saturated rings. The first-order valence-corrected chi connectivity index (χ1v) is 11.5. The number of nitrogens with zero attached hydrogens (tertiary/aromatic N) is 2. The van der Waals surface area contributed by atoms with Gasteiger partial charge < -0.3 is 16.0 Å². The Kier molecular flexibility index (Phi) is 5.23. The molecule has 1 amide bonds. The van der Waals surface area contributed by atoms with Crippen molar-refractivity contribution in [2.75, 3.05) is 30.3 Å². The summed E-state index contributed by atoms with van der Waals surface area (Å²) in [6.45, 7) is 3.36. The van der Waals surface area contributed by atoms with Crippen LogP contribution in [0.4, 0.5) is 24.5 Å². The Morgan fingerprint density at radius 3 is 2.66 bits per heavy atom. The summed E-state index contributed by atoms with van der Waals surface area (Å²) in [4.78, 5) is 19.2. The van der Waals surface area contributed by atoms with Crippen LogP contribution in [-0.2, 0) is 0 Å². The van der Waals surface area contributed by atoms with Crippen molar-refractivity contribution < 1.29 is 18.0 Å². The molecule has 2 saturated heterocycles. The number of hydrogen-bond donors (Lipinski definition) is 2. The van der Waals surface area contributed by atoms with E-state index in [1.165, 1.54) is 31.0 Å². The second kappa shape index (κ2) is 7.95. The molecule has 4 heterocycles. The first kappa shape index (κ1) is 21.1. The first-order chi connectivity index (χ1) is 15.3. The molecule has 1 atom stereocenters. The fourth-order valence-electron chi connectivity index (χ4n) is 4.82. The van der Waals surface area contributed by atoms with Gasteiger partial charge in [-0.1, -0.05) is 6.92 Å². The van der Waals surface area contributed by atoms with E-state index in [-0.39, 0.29) is 22.7 Å². The van der Waals surface area contributed by atoms with Gasteiger partial charge in [0, 0.05) is 37.0 Å². The summed E-state index contributed by atoms with van der Waals surface area (Å²) in [5.74, 6) is -1.21. The summed E-state index contributed by atoms with van der Waals surface area (Å²) in [6.07, 6.45) is 3.44. The molecule has 2 aromatic heterocycles. The van der Waals surface area contributed by atoms with Crippen LogP contribution >= 0.6 is 11.3 Å². The van der Waals surface area contributed by atoms with E-state index < -0.39 is 29.3 Å². The summed E-state index contributed by atoms with van der Waals surface area (Å²) in [7, 11) is 0. The van der Waals surface area contributed by atoms with Crippen molar-refractivity contribution in [3.8, 4) is 0 Å². The van der Waals surface area contributed by atoms with Gasteiger partial charge >= 0.3 is 0 Å². The largest absolute Gasteiger partial charge is 0.397 e. The van der Waals surface area contributed by atoms with E-state index in [0.717, 1.165) is 30.6 Å². The number of aromatic nitrogens is 1. The summed E-state index contributed by atoms with van der Waals surface area (Å²) >= 11 is 1.06. The molecule has 2 aliphatic heterocycles. The number of thiophene rings is 1. The number of nitrogen functional groups attached to an aromatic ring is 1. The number of hydrogen-bond acceptors (Lipinski definition) is 5. The number of piperidine rings is 2. The van der Waals surface area contributed by atoms with E-state index in [0.29, 0.717) is 27.7 Å². The van der Waals surface area contributed by atoms with Gasteiger partial charge in [0.2, 0.25) is 0 Å². The molecule has 3 aliphatic rings. The van der Waals surface area contributed by atoms with Gasteiger partial charge in [0.15, 0.2) is 0 Å². The Morgan fingerprint density at radius 2 is 1.94 bits per heavy atom. The van der Waals surface area contributed by atoms with Gasteiger partial charge in [-0.25, -0.2) is 18.2 Å². The number of carbonyl (C=O) groups is 1. The van der Waals surface area contributed by atoms with Crippen LogP contribution in [0, 0.1) is 29.3 Å². The summed E-state index contributed by atoms with van der Waals surface area (Å²) in [5.41, 5.74) is 6.68. The van der Waals surface area contributed by atoms with Gasteiger partial charge in [0.05, 0.1) is 17.6 Å². The molecule has 3 N–H and O–H groups in total. The molecule has 0 spiro atoms. The lowest BCUT2D eigenvalue weighted by atomic mass is 9.71. The quantitative estimate of drug-likeness (QED) is 0.580. The molecule has 32 heavy (non-hydrogen) atoms. The minimum atomic E-state index is -0.537. The third-order valence-electron chi connectivity index (χ3n) is 6.55. The van der Waals surface area contributed by atoms with Crippen molar-refractivity contribution in [3.63, 3.8) is 0 Å². The van der Waals surface area contributed by atoms with Crippen LogP contribution in [-0.4, -0.2) is 30.5 Å². The number of fused-ring (bicyclic) bond motifs is 3. The number of benzene rings is 1. The second-order valence-electron chi connectivity index (χ2n) is 8.90. The van der Waals surface area contributed by atoms with Crippen LogP contribution in [0.2, 0.25) is 0 Å². The van der Waals surface area contributed by atoms with Crippen LogP contribution in [0.5, 0.6) is 0 Å². The highest BCUT2D eigenvalue weighted by molar-refractivity contribution is 7.21. The molecular weight excluding hydrogens is 437 g/mol. The van der Waals surface area contributed by atoms with E-state index in [1.54, 1.807) is 6.92 Å². The van der Waals surface area contributed by atoms with Crippen molar-refractivity contribution in [2.24, 2.45) is 11.8 Å². The zero-order valence-corrected chi connectivity index (χ0v) is 18.3. The number of nitrogens with two attached hydrogens (primary N) is 1. The highest BCUT2D eigenvalue weighted by Gasteiger charge is 2.38. The highest BCUT2D eigenvalue weighted by atomic mass is 32.1. The van der Waals surface area contributed by atoms with E-state index in [1.807, 2.05) is 4.90 Å². The lowest BCUT2D eigenvalue weighted by molar-refractivity contribution is 0.0956. The maximum atomic E-state index is 14.9.